The number of nitrogens with one attached hydrogen (secondary N) is 1. The minimum atomic E-state index is -3.69. The molecule has 24 heavy (non-hydrogen) atoms. The molecule has 3 aromatic heterocycles. The van der Waals surface area contributed by atoms with Crippen molar-refractivity contribution in [2.24, 2.45) is 7.05 Å². The van der Waals surface area contributed by atoms with Crippen LogP contribution in [0.2, 0.25) is 0 Å². The van der Waals surface area contributed by atoms with Crippen LogP contribution in [0.1, 0.15) is 28.8 Å². The fourth-order valence-electron chi connectivity index (χ4n) is 2.73. The van der Waals surface area contributed by atoms with E-state index in [9.17, 15) is 8.42 Å². The normalized spacial score (nSPS) is 12.2. The molecule has 0 fully saturated rings. The highest BCUT2D eigenvalue weighted by molar-refractivity contribution is 7.89. The first-order valence-corrected chi connectivity index (χ1v) is 8.95. The summed E-state index contributed by atoms with van der Waals surface area (Å²) in [5.74, 6) is 0.918. The molecule has 0 aliphatic rings. The molecule has 0 radical (unpaired) electrons. The fraction of sp³-hybridized carbons (Fsp3) is 0.312. The number of aryl methyl sites for hydroxylation is 2. The van der Waals surface area contributed by atoms with Crippen molar-refractivity contribution in [3.63, 3.8) is 0 Å². The van der Waals surface area contributed by atoms with E-state index in [0.29, 0.717) is 22.9 Å². The topological polar surface area (TPSA) is 90.3 Å². The second kappa shape index (κ2) is 6.29. The predicted molar refractivity (Wildman–Crippen MR) is 87.1 cm³/mol. The maximum Gasteiger partial charge on any atom is 0.244 e. The number of aromatic nitrogens is 2. The highest BCUT2D eigenvalue weighted by atomic mass is 32.2. The number of rotatable bonds is 6. The third-order valence-corrected chi connectivity index (χ3v) is 5.64. The van der Waals surface area contributed by atoms with Crippen LogP contribution in [-0.2, 0) is 17.1 Å². The van der Waals surface area contributed by atoms with E-state index in [1.807, 2.05) is 0 Å². The van der Waals surface area contributed by atoms with Crippen molar-refractivity contribution in [2.75, 3.05) is 6.54 Å². The number of hydrogen-bond acceptors (Lipinski definition) is 5. The Morgan fingerprint density at radius 2 is 1.75 bits per heavy atom. The van der Waals surface area contributed by atoms with Crippen LogP contribution < -0.4 is 4.72 Å². The highest BCUT2D eigenvalue weighted by Crippen LogP contribution is 2.26. The zero-order valence-corrected chi connectivity index (χ0v) is 14.5. The molecule has 8 heteroatoms. The Labute approximate surface area is 140 Å². The molecule has 0 amide bonds. The van der Waals surface area contributed by atoms with Gasteiger partial charge in [0.2, 0.25) is 10.0 Å². The lowest BCUT2D eigenvalue weighted by Gasteiger charge is -2.14. The summed E-state index contributed by atoms with van der Waals surface area (Å²) in [7, 11) is -1.98. The summed E-state index contributed by atoms with van der Waals surface area (Å²) in [5, 5.41) is 4.16. The Morgan fingerprint density at radius 1 is 1.17 bits per heavy atom. The minimum Gasteiger partial charge on any atom is -0.469 e. The van der Waals surface area contributed by atoms with Gasteiger partial charge >= 0.3 is 0 Å². The van der Waals surface area contributed by atoms with Crippen LogP contribution in [-0.4, -0.2) is 24.7 Å². The molecule has 0 saturated heterocycles. The van der Waals surface area contributed by atoms with E-state index in [2.05, 4.69) is 9.82 Å². The Bertz CT molecular complexity index is 875. The molecule has 128 valence electrons. The molecular formula is C16H19N3O4S. The SMILES string of the molecule is Cc1nn(C)c(C)c1S(=O)(=O)NCC(c1ccco1)c1ccco1. The van der Waals surface area contributed by atoms with Crippen molar-refractivity contribution in [2.45, 2.75) is 24.7 Å². The zero-order valence-electron chi connectivity index (χ0n) is 13.7. The van der Waals surface area contributed by atoms with Gasteiger partial charge in [0.25, 0.3) is 0 Å². The molecule has 0 unspecified atom stereocenters. The van der Waals surface area contributed by atoms with E-state index < -0.39 is 10.0 Å². The Morgan fingerprint density at radius 3 is 2.17 bits per heavy atom. The molecule has 0 spiro atoms. The van der Waals surface area contributed by atoms with Crippen LogP contribution in [0, 0.1) is 13.8 Å². The number of hydrogen-bond donors (Lipinski definition) is 1. The minimum absolute atomic E-state index is 0.122. The summed E-state index contributed by atoms with van der Waals surface area (Å²) in [6, 6.07) is 7.11. The van der Waals surface area contributed by atoms with Crippen molar-refractivity contribution >= 4 is 10.0 Å². The average molecular weight is 349 g/mol. The first-order chi connectivity index (χ1) is 11.4. The molecule has 1 N–H and O–H groups in total. The number of nitrogens with zero attached hydrogens (tertiary/aromatic N) is 2. The van der Waals surface area contributed by atoms with Gasteiger partial charge < -0.3 is 8.83 Å². The van der Waals surface area contributed by atoms with Crippen molar-refractivity contribution in [3.8, 4) is 0 Å². The number of furan rings is 2. The molecule has 3 heterocycles. The van der Waals surface area contributed by atoms with E-state index in [1.165, 1.54) is 0 Å². The van der Waals surface area contributed by atoms with Gasteiger partial charge in [0.1, 0.15) is 16.4 Å². The van der Waals surface area contributed by atoms with E-state index in [-0.39, 0.29) is 17.4 Å². The van der Waals surface area contributed by atoms with Crippen molar-refractivity contribution in [1.29, 1.82) is 0 Å². The monoisotopic (exact) mass is 349 g/mol. The molecular weight excluding hydrogens is 330 g/mol. The molecule has 7 nitrogen and oxygen atoms in total. The molecule has 0 aliphatic carbocycles. The van der Waals surface area contributed by atoms with E-state index >= 15 is 0 Å². The van der Waals surface area contributed by atoms with Gasteiger partial charge in [-0.05, 0) is 38.1 Å². The Balaban J connectivity index is 1.87. The fourth-order valence-corrected chi connectivity index (χ4v) is 4.21. The van der Waals surface area contributed by atoms with E-state index in [0.717, 1.165) is 0 Å². The maximum atomic E-state index is 12.7. The average Bonchev–Trinajstić information content (AvgIpc) is 3.23. The summed E-state index contributed by atoms with van der Waals surface area (Å²) in [6.45, 7) is 3.53. The van der Waals surface area contributed by atoms with Crippen LogP contribution in [0.5, 0.6) is 0 Å². The lowest BCUT2D eigenvalue weighted by molar-refractivity contribution is 0.424. The van der Waals surface area contributed by atoms with Crippen molar-refractivity contribution < 1.29 is 17.3 Å². The highest BCUT2D eigenvalue weighted by Gasteiger charge is 2.27. The van der Waals surface area contributed by atoms with Gasteiger partial charge in [-0.25, -0.2) is 13.1 Å². The Hall–Kier alpha value is -2.32. The first-order valence-electron chi connectivity index (χ1n) is 7.47. The van der Waals surface area contributed by atoms with Gasteiger partial charge in [-0.2, -0.15) is 5.10 Å². The largest absolute Gasteiger partial charge is 0.469 e. The van der Waals surface area contributed by atoms with Gasteiger partial charge in [-0.1, -0.05) is 0 Å². The summed E-state index contributed by atoms with van der Waals surface area (Å²) in [4.78, 5) is 0.211. The zero-order chi connectivity index (χ0) is 17.3. The van der Waals surface area contributed by atoms with Crippen molar-refractivity contribution in [3.05, 3.63) is 59.7 Å². The maximum absolute atomic E-state index is 12.7. The quantitative estimate of drug-likeness (QED) is 0.737. The van der Waals surface area contributed by atoms with Gasteiger partial charge in [0.05, 0.1) is 29.8 Å². The summed E-state index contributed by atoms with van der Waals surface area (Å²) >= 11 is 0. The van der Waals surface area contributed by atoms with Crippen LogP contribution in [0.25, 0.3) is 0 Å². The Kier molecular flexibility index (Phi) is 4.33. The lowest BCUT2D eigenvalue weighted by Crippen LogP contribution is -2.29. The smallest absolute Gasteiger partial charge is 0.244 e. The molecule has 0 aromatic carbocycles. The van der Waals surface area contributed by atoms with Crippen LogP contribution in [0.4, 0.5) is 0 Å². The first kappa shape index (κ1) is 16.5. The summed E-state index contributed by atoms with van der Waals surface area (Å²) in [6.07, 6.45) is 3.10. The molecule has 0 aliphatic heterocycles. The summed E-state index contributed by atoms with van der Waals surface area (Å²) < 4.78 is 40.5. The van der Waals surface area contributed by atoms with Crippen LogP contribution in [0.3, 0.4) is 0 Å². The van der Waals surface area contributed by atoms with Crippen LogP contribution >= 0.6 is 0 Å². The third-order valence-electron chi connectivity index (χ3n) is 3.96. The molecule has 0 atom stereocenters. The van der Waals surface area contributed by atoms with Gasteiger partial charge in [-0.15, -0.1) is 0 Å². The standard InChI is InChI=1S/C16H19N3O4S/c1-11-16(12(2)19(3)18-11)24(20,21)17-10-13(14-6-4-8-22-14)15-7-5-9-23-15/h4-9,13,17H,10H2,1-3H3. The van der Waals surface area contributed by atoms with Gasteiger partial charge in [0, 0.05) is 13.6 Å². The second-order valence-corrected chi connectivity index (χ2v) is 7.26. The number of sulfonamides is 1. The summed E-state index contributed by atoms with van der Waals surface area (Å²) in [5.41, 5.74) is 1.06. The lowest BCUT2D eigenvalue weighted by atomic mass is 10.0. The molecule has 3 rings (SSSR count). The van der Waals surface area contributed by atoms with Gasteiger partial charge in [0.15, 0.2) is 0 Å². The van der Waals surface area contributed by atoms with Crippen LogP contribution in [0.15, 0.2) is 50.5 Å². The molecule has 0 saturated carbocycles. The predicted octanol–water partition coefficient (Wildman–Crippen LogP) is 2.33. The van der Waals surface area contributed by atoms with Crippen molar-refractivity contribution in [1.82, 2.24) is 14.5 Å². The third kappa shape index (κ3) is 3.02. The molecule has 3 aromatic rings. The van der Waals surface area contributed by atoms with E-state index in [4.69, 9.17) is 8.83 Å². The molecule has 0 bridgehead atoms. The second-order valence-electron chi connectivity index (χ2n) is 5.56. The van der Waals surface area contributed by atoms with E-state index in [1.54, 1.807) is 62.4 Å². The van der Waals surface area contributed by atoms with Gasteiger partial charge in [-0.3, -0.25) is 4.68 Å².